The fourth-order valence-electron chi connectivity index (χ4n) is 1.12. The molecular weight excluding hydrogens is 246 g/mol. The van der Waals surface area contributed by atoms with Gasteiger partial charge >= 0.3 is 0 Å². The van der Waals surface area contributed by atoms with Gasteiger partial charge in [0.25, 0.3) is 0 Å². The standard InChI is InChI=1S/C10H14ClN3O3/c1-6-13-8(11)7(3-15)9(14-6)12-4-10(2,17)5-16/h3,16-17H,4-5H2,1-2H3,(H,12,13,14). The molecule has 0 bridgehead atoms. The summed E-state index contributed by atoms with van der Waals surface area (Å²) in [5.74, 6) is 0.651. The van der Waals surface area contributed by atoms with Crippen LogP contribution in [-0.4, -0.2) is 45.2 Å². The lowest BCUT2D eigenvalue weighted by atomic mass is 10.1. The van der Waals surface area contributed by atoms with Gasteiger partial charge in [0, 0.05) is 6.54 Å². The molecule has 3 N–H and O–H groups in total. The highest BCUT2D eigenvalue weighted by Crippen LogP contribution is 2.19. The van der Waals surface area contributed by atoms with Crippen molar-refractivity contribution in [1.29, 1.82) is 0 Å². The first kappa shape index (κ1) is 13.8. The Morgan fingerprint density at radius 3 is 2.71 bits per heavy atom. The van der Waals surface area contributed by atoms with Crippen LogP contribution in [0, 0.1) is 6.92 Å². The van der Waals surface area contributed by atoms with Crippen molar-refractivity contribution in [2.75, 3.05) is 18.5 Å². The average molecular weight is 260 g/mol. The van der Waals surface area contributed by atoms with Crippen LogP contribution in [-0.2, 0) is 0 Å². The smallest absolute Gasteiger partial charge is 0.156 e. The largest absolute Gasteiger partial charge is 0.393 e. The Hall–Kier alpha value is -1.24. The van der Waals surface area contributed by atoms with Gasteiger partial charge in [0.15, 0.2) is 6.29 Å². The molecule has 0 spiro atoms. The number of halogens is 1. The van der Waals surface area contributed by atoms with E-state index in [1.807, 2.05) is 0 Å². The number of anilines is 1. The van der Waals surface area contributed by atoms with Gasteiger partial charge in [-0.2, -0.15) is 0 Å². The number of aliphatic hydroxyl groups is 2. The summed E-state index contributed by atoms with van der Waals surface area (Å²) in [7, 11) is 0. The molecule has 0 aliphatic carbocycles. The second-order valence-electron chi connectivity index (χ2n) is 3.95. The van der Waals surface area contributed by atoms with Crippen molar-refractivity contribution >= 4 is 23.7 Å². The maximum atomic E-state index is 10.8. The van der Waals surface area contributed by atoms with Crippen molar-refractivity contribution in [3.8, 4) is 0 Å². The molecule has 0 amide bonds. The van der Waals surface area contributed by atoms with Gasteiger partial charge in [0.1, 0.15) is 22.4 Å². The van der Waals surface area contributed by atoms with Gasteiger partial charge in [-0.05, 0) is 13.8 Å². The van der Waals surface area contributed by atoms with Crippen molar-refractivity contribution in [1.82, 2.24) is 9.97 Å². The zero-order valence-electron chi connectivity index (χ0n) is 9.57. The van der Waals surface area contributed by atoms with E-state index >= 15 is 0 Å². The van der Waals surface area contributed by atoms with E-state index in [0.717, 1.165) is 0 Å². The highest BCUT2D eigenvalue weighted by atomic mass is 35.5. The molecule has 1 heterocycles. The van der Waals surface area contributed by atoms with Crippen LogP contribution in [0.2, 0.25) is 5.15 Å². The first-order valence-electron chi connectivity index (χ1n) is 4.96. The summed E-state index contributed by atoms with van der Waals surface area (Å²) in [6, 6.07) is 0. The topological polar surface area (TPSA) is 95.3 Å². The van der Waals surface area contributed by atoms with Gasteiger partial charge in [-0.25, -0.2) is 9.97 Å². The van der Waals surface area contributed by atoms with Gasteiger partial charge in [-0.3, -0.25) is 4.79 Å². The van der Waals surface area contributed by atoms with E-state index < -0.39 is 12.2 Å². The third-order valence-corrected chi connectivity index (χ3v) is 2.39. The summed E-state index contributed by atoms with van der Waals surface area (Å²) < 4.78 is 0. The lowest BCUT2D eigenvalue weighted by molar-refractivity contribution is 0.0131. The normalized spacial score (nSPS) is 14.2. The molecule has 1 aromatic heterocycles. The molecule has 0 aromatic carbocycles. The molecule has 1 rings (SSSR count). The van der Waals surface area contributed by atoms with Crippen molar-refractivity contribution in [2.45, 2.75) is 19.4 Å². The van der Waals surface area contributed by atoms with E-state index in [2.05, 4.69) is 15.3 Å². The fraction of sp³-hybridized carbons (Fsp3) is 0.500. The van der Waals surface area contributed by atoms with E-state index in [-0.39, 0.29) is 23.1 Å². The van der Waals surface area contributed by atoms with E-state index in [4.69, 9.17) is 16.7 Å². The quantitative estimate of drug-likeness (QED) is 0.524. The number of nitrogens with zero attached hydrogens (tertiary/aromatic N) is 2. The third-order valence-electron chi connectivity index (χ3n) is 2.11. The van der Waals surface area contributed by atoms with Gasteiger partial charge in [0.2, 0.25) is 0 Å². The van der Waals surface area contributed by atoms with Crippen LogP contribution in [0.4, 0.5) is 5.82 Å². The minimum Gasteiger partial charge on any atom is -0.393 e. The molecule has 0 radical (unpaired) electrons. The molecular formula is C10H14ClN3O3. The minimum absolute atomic E-state index is 0.0388. The van der Waals surface area contributed by atoms with Crippen molar-refractivity contribution in [2.24, 2.45) is 0 Å². The minimum atomic E-state index is -1.30. The van der Waals surface area contributed by atoms with Crippen LogP contribution < -0.4 is 5.32 Å². The van der Waals surface area contributed by atoms with Crippen LogP contribution in [0.25, 0.3) is 0 Å². The van der Waals surface area contributed by atoms with Gasteiger partial charge in [-0.15, -0.1) is 0 Å². The molecule has 0 aliphatic rings. The van der Waals surface area contributed by atoms with E-state index in [1.54, 1.807) is 6.92 Å². The van der Waals surface area contributed by atoms with E-state index in [1.165, 1.54) is 6.92 Å². The van der Waals surface area contributed by atoms with E-state index in [0.29, 0.717) is 12.1 Å². The third kappa shape index (κ3) is 3.62. The lowest BCUT2D eigenvalue weighted by Crippen LogP contribution is -2.37. The van der Waals surface area contributed by atoms with Gasteiger partial charge in [0.05, 0.1) is 12.2 Å². The number of aliphatic hydroxyl groups excluding tert-OH is 1. The van der Waals surface area contributed by atoms with Crippen molar-refractivity contribution in [3.63, 3.8) is 0 Å². The number of nitrogens with one attached hydrogen (secondary N) is 1. The number of rotatable bonds is 5. The second-order valence-corrected chi connectivity index (χ2v) is 4.31. The molecule has 0 saturated heterocycles. The van der Waals surface area contributed by atoms with Crippen LogP contribution in [0.15, 0.2) is 0 Å². The monoisotopic (exact) mass is 259 g/mol. The summed E-state index contributed by atoms with van der Waals surface area (Å²) in [5.41, 5.74) is -1.17. The average Bonchev–Trinajstić information content (AvgIpc) is 2.26. The van der Waals surface area contributed by atoms with Crippen LogP contribution in [0.1, 0.15) is 23.1 Å². The summed E-state index contributed by atoms with van der Waals surface area (Å²) >= 11 is 5.78. The molecule has 17 heavy (non-hydrogen) atoms. The van der Waals surface area contributed by atoms with Crippen molar-refractivity contribution in [3.05, 3.63) is 16.5 Å². The first-order chi connectivity index (χ1) is 7.89. The number of hydrogen-bond donors (Lipinski definition) is 3. The molecule has 1 atom stereocenters. The van der Waals surface area contributed by atoms with E-state index in [9.17, 15) is 9.90 Å². The number of aldehydes is 1. The number of aromatic nitrogens is 2. The maximum Gasteiger partial charge on any atom is 0.156 e. The molecule has 0 aliphatic heterocycles. The Morgan fingerprint density at radius 1 is 1.53 bits per heavy atom. The summed E-state index contributed by atoms with van der Waals surface area (Å²) in [5, 5.41) is 21.3. The summed E-state index contributed by atoms with van der Waals surface area (Å²) in [4.78, 5) is 18.7. The molecule has 1 unspecified atom stereocenters. The maximum absolute atomic E-state index is 10.8. The molecule has 0 fully saturated rings. The summed E-state index contributed by atoms with van der Waals surface area (Å²) in [6.45, 7) is 2.72. The number of carbonyl (C=O) groups is 1. The second kappa shape index (κ2) is 5.39. The lowest BCUT2D eigenvalue weighted by Gasteiger charge is -2.21. The highest BCUT2D eigenvalue weighted by molar-refractivity contribution is 6.32. The fourth-order valence-corrected chi connectivity index (χ4v) is 1.37. The number of hydrogen-bond acceptors (Lipinski definition) is 6. The number of aryl methyl sites for hydroxylation is 1. The molecule has 1 aromatic rings. The Balaban J connectivity index is 2.94. The van der Waals surface area contributed by atoms with Crippen LogP contribution in [0.5, 0.6) is 0 Å². The highest BCUT2D eigenvalue weighted by Gasteiger charge is 2.20. The number of carbonyl (C=O) groups excluding carboxylic acids is 1. The molecule has 0 saturated carbocycles. The predicted octanol–water partition coefficient (Wildman–Crippen LogP) is 0.406. The zero-order valence-corrected chi connectivity index (χ0v) is 10.3. The van der Waals surface area contributed by atoms with Gasteiger partial charge in [-0.1, -0.05) is 11.6 Å². The van der Waals surface area contributed by atoms with Crippen molar-refractivity contribution < 1.29 is 15.0 Å². The SMILES string of the molecule is Cc1nc(Cl)c(C=O)c(NCC(C)(O)CO)n1. The van der Waals surface area contributed by atoms with Crippen LogP contribution >= 0.6 is 11.6 Å². The van der Waals surface area contributed by atoms with Crippen LogP contribution in [0.3, 0.4) is 0 Å². The molecule has 94 valence electrons. The Kier molecular flexibility index (Phi) is 4.39. The Bertz CT molecular complexity index is 424. The zero-order chi connectivity index (χ0) is 13.1. The van der Waals surface area contributed by atoms with Gasteiger partial charge < -0.3 is 15.5 Å². The molecule has 6 nitrogen and oxygen atoms in total. The first-order valence-corrected chi connectivity index (χ1v) is 5.34. The predicted molar refractivity (Wildman–Crippen MR) is 63.4 cm³/mol. The Labute approximate surface area is 104 Å². The molecule has 7 heteroatoms. The Morgan fingerprint density at radius 2 is 2.18 bits per heavy atom. The summed E-state index contributed by atoms with van der Waals surface area (Å²) in [6.07, 6.45) is 0.539.